The number of aromatic nitrogens is 3. The molecule has 0 atom stereocenters. The lowest BCUT2D eigenvalue weighted by molar-refractivity contribution is -0.349. The van der Waals surface area contributed by atoms with Crippen molar-refractivity contribution in [2.45, 2.75) is 0 Å². The van der Waals surface area contributed by atoms with Crippen molar-refractivity contribution >= 4 is 41.1 Å². The fourth-order valence-corrected chi connectivity index (χ4v) is 2.57. The van der Waals surface area contributed by atoms with Crippen LogP contribution in [0.1, 0.15) is 10.5 Å². The van der Waals surface area contributed by atoms with E-state index in [4.69, 9.17) is 23.1 Å². The minimum absolute atomic E-state index is 0.00491. The number of hydrogen-bond acceptors (Lipinski definition) is 4. The van der Waals surface area contributed by atoms with Crippen molar-refractivity contribution in [3.05, 3.63) is 52.9 Å². The van der Waals surface area contributed by atoms with E-state index in [1.54, 1.807) is 31.3 Å². The lowest BCUT2D eigenvalue weighted by Crippen LogP contribution is -2.24. The number of hydrogen-bond donors (Lipinski definition) is 5. The highest BCUT2D eigenvalue weighted by Gasteiger charge is 2.15. The van der Waals surface area contributed by atoms with Crippen LogP contribution >= 0.6 is 11.6 Å². The summed E-state index contributed by atoms with van der Waals surface area (Å²) in [5, 5.41) is 5.53. The smallest absolute Gasteiger partial charge is 0.359 e. The van der Waals surface area contributed by atoms with E-state index < -0.39 is 11.7 Å². The van der Waals surface area contributed by atoms with Gasteiger partial charge in [-0.25, -0.2) is 9.37 Å². The third-order valence-corrected chi connectivity index (χ3v) is 3.95. The van der Waals surface area contributed by atoms with Gasteiger partial charge >= 0.3 is 5.95 Å². The van der Waals surface area contributed by atoms with E-state index >= 15 is 0 Å². The average molecular weight is 404 g/mol. The third-order valence-electron chi connectivity index (χ3n) is 3.66. The van der Waals surface area contributed by atoms with E-state index in [1.807, 2.05) is 0 Å². The number of aliphatic imine (C=N–C) groups is 1. The van der Waals surface area contributed by atoms with Crippen LogP contribution in [-0.2, 0) is 0 Å². The van der Waals surface area contributed by atoms with Gasteiger partial charge in [-0.1, -0.05) is 21.6 Å². The maximum Gasteiger partial charge on any atom is 0.387 e. The summed E-state index contributed by atoms with van der Waals surface area (Å²) >= 11 is 5.81. The van der Waals surface area contributed by atoms with Gasteiger partial charge in [0, 0.05) is 12.7 Å². The van der Waals surface area contributed by atoms with Gasteiger partial charge in [0.05, 0.1) is 11.1 Å². The van der Waals surface area contributed by atoms with Gasteiger partial charge in [0.2, 0.25) is 0 Å². The van der Waals surface area contributed by atoms with Crippen molar-refractivity contribution in [3.63, 3.8) is 0 Å². The van der Waals surface area contributed by atoms with Crippen LogP contribution in [-0.4, -0.2) is 28.9 Å². The Morgan fingerprint density at radius 2 is 2.07 bits per heavy atom. The Balaban J connectivity index is 1.83. The summed E-state index contributed by atoms with van der Waals surface area (Å²) in [6.45, 7) is 0. The number of aromatic amines is 2. The molecule has 0 fully saturated rings. The van der Waals surface area contributed by atoms with Gasteiger partial charge in [0.25, 0.3) is 11.9 Å². The first-order valence-corrected chi connectivity index (χ1v) is 8.41. The Bertz CT molecular complexity index is 1060. The summed E-state index contributed by atoms with van der Waals surface area (Å²) in [5.41, 5.74) is 12.2. The van der Waals surface area contributed by atoms with E-state index in [2.05, 4.69) is 30.6 Å². The second-order valence-corrected chi connectivity index (χ2v) is 6.07. The number of nitrogens with two attached hydrogens (primary N) is 2. The number of rotatable bonds is 5. The lowest BCUT2D eigenvalue weighted by Gasteiger charge is -2.03. The predicted molar refractivity (Wildman–Crippen MR) is 105 cm³/mol. The van der Waals surface area contributed by atoms with Gasteiger partial charge in [-0.3, -0.25) is 10.1 Å². The zero-order chi connectivity index (χ0) is 20.3. The molecule has 8 N–H and O–H groups in total. The molecule has 0 aliphatic rings. The first kappa shape index (κ1) is 19.1. The Labute approximate surface area is 164 Å². The second kappa shape index (κ2) is 7.92. The molecular weight excluding hydrogens is 387 g/mol. The summed E-state index contributed by atoms with van der Waals surface area (Å²) in [7, 11) is 1.68. The van der Waals surface area contributed by atoms with Crippen LogP contribution in [0.4, 0.5) is 22.0 Å². The van der Waals surface area contributed by atoms with Gasteiger partial charge in [0.1, 0.15) is 11.5 Å². The highest BCUT2D eigenvalue weighted by Crippen LogP contribution is 2.24. The van der Waals surface area contributed by atoms with E-state index in [0.29, 0.717) is 17.1 Å². The summed E-state index contributed by atoms with van der Waals surface area (Å²) in [6, 6.07) is 9.14. The molecule has 3 aromatic rings. The summed E-state index contributed by atoms with van der Waals surface area (Å²) < 4.78 is 13.3. The largest absolute Gasteiger partial charge is 0.387 e. The molecule has 0 saturated heterocycles. The van der Waals surface area contributed by atoms with Gasteiger partial charge < -0.3 is 21.8 Å². The number of amides is 1. The zero-order valence-corrected chi connectivity index (χ0v) is 15.4. The van der Waals surface area contributed by atoms with Gasteiger partial charge in [-0.2, -0.15) is 0 Å². The quantitative estimate of drug-likeness (QED) is 0.326. The van der Waals surface area contributed by atoms with Crippen LogP contribution in [0.25, 0.3) is 11.3 Å². The molecular formula is C17H17ClFN8O+. The van der Waals surface area contributed by atoms with Crippen LogP contribution in [0.3, 0.4) is 0 Å². The molecule has 9 nitrogen and oxygen atoms in total. The van der Waals surface area contributed by atoms with E-state index in [0.717, 1.165) is 0 Å². The number of anilines is 2. The fraction of sp³-hybridized carbons (Fsp3) is 0.0588. The summed E-state index contributed by atoms with van der Waals surface area (Å²) in [4.78, 5) is 26.3. The molecule has 0 bridgehead atoms. The maximum atomic E-state index is 13.3. The molecule has 0 saturated carbocycles. The molecule has 0 aliphatic heterocycles. The first-order chi connectivity index (χ1) is 13.4. The van der Waals surface area contributed by atoms with Crippen molar-refractivity contribution in [2.75, 3.05) is 17.7 Å². The number of carbonyl (C=O) groups is 1. The topological polar surface area (TPSA) is 148 Å². The van der Waals surface area contributed by atoms with Crippen molar-refractivity contribution in [1.82, 2.24) is 9.97 Å². The van der Waals surface area contributed by atoms with Crippen molar-refractivity contribution < 1.29 is 14.2 Å². The highest BCUT2D eigenvalue weighted by molar-refractivity contribution is 6.31. The number of carbonyl (C=O) groups excluding carboxylic acids is 1. The number of nitrogens with zero attached hydrogens (tertiary/aromatic N) is 2. The highest BCUT2D eigenvalue weighted by atomic mass is 35.5. The Morgan fingerprint density at radius 1 is 1.29 bits per heavy atom. The van der Waals surface area contributed by atoms with Crippen LogP contribution in [0.5, 0.6) is 0 Å². The molecule has 0 aliphatic carbocycles. The minimum atomic E-state index is -0.515. The number of benzene rings is 1. The minimum Gasteiger partial charge on any atom is -0.359 e. The van der Waals surface area contributed by atoms with Gasteiger partial charge in [-0.15, -0.1) is 0 Å². The van der Waals surface area contributed by atoms with Crippen LogP contribution < -0.4 is 27.1 Å². The van der Waals surface area contributed by atoms with E-state index in [-0.39, 0.29) is 28.4 Å². The summed E-state index contributed by atoms with van der Waals surface area (Å²) in [5.74, 6) is -0.237. The summed E-state index contributed by atoms with van der Waals surface area (Å²) in [6.07, 6.45) is 0. The SMILES string of the molecule is CNc1cc(NC(=O)c2ccc(-c3ccc(F)c(Cl)c3)[nH]2)nc(N=C(N)N)[nH+]1. The molecule has 3 rings (SSSR count). The maximum absolute atomic E-state index is 13.3. The number of guanidine groups is 1. The molecule has 144 valence electrons. The Hall–Kier alpha value is -3.66. The van der Waals surface area contributed by atoms with Crippen molar-refractivity contribution in [3.8, 4) is 11.3 Å². The lowest BCUT2D eigenvalue weighted by atomic mass is 10.1. The standard InChI is InChI=1S/C17H16ClFN8O/c1-22-13-7-14(26-17(25-13)27-16(20)21)24-15(28)12-5-4-11(23-12)8-2-3-10(19)9(18)6-8/h2-7,23H,1H3,(H6,20,21,22,24,25,26,27,28)/p+1. The Morgan fingerprint density at radius 3 is 2.75 bits per heavy atom. The second-order valence-electron chi connectivity index (χ2n) is 5.66. The zero-order valence-electron chi connectivity index (χ0n) is 14.7. The molecule has 0 radical (unpaired) electrons. The fourth-order valence-electron chi connectivity index (χ4n) is 2.38. The molecule has 0 unspecified atom stereocenters. The molecule has 2 heterocycles. The normalized spacial score (nSPS) is 10.4. The average Bonchev–Trinajstić information content (AvgIpc) is 3.13. The number of nitrogens with one attached hydrogen (secondary N) is 4. The molecule has 1 aromatic carbocycles. The number of halogens is 2. The van der Waals surface area contributed by atoms with E-state index in [9.17, 15) is 9.18 Å². The van der Waals surface area contributed by atoms with E-state index in [1.165, 1.54) is 12.1 Å². The molecule has 28 heavy (non-hydrogen) atoms. The molecule has 2 aromatic heterocycles. The third kappa shape index (κ3) is 4.35. The van der Waals surface area contributed by atoms with Crippen molar-refractivity contribution in [1.29, 1.82) is 0 Å². The monoisotopic (exact) mass is 403 g/mol. The van der Waals surface area contributed by atoms with Crippen LogP contribution in [0.15, 0.2) is 41.4 Å². The molecule has 11 heteroatoms. The molecule has 0 spiro atoms. The van der Waals surface area contributed by atoms with Gasteiger partial charge in [0.15, 0.2) is 11.6 Å². The van der Waals surface area contributed by atoms with Crippen LogP contribution in [0.2, 0.25) is 5.02 Å². The number of H-pyrrole nitrogens is 2. The van der Waals surface area contributed by atoms with Crippen LogP contribution in [0, 0.1) is 5.82 Å². The van der Waals surface area contributed by atoms with Crippen molar-refractivity contribution in [2.24, 2.45) is 16.5 Å². The Kier molecular flexibility index (Phi) is 5.41. The van der Waals surface area contributed by atoms with Gasteiger partial charge in [-0.05, 0) is 35.9 Å². The molecule has 1 amide bonds. The first-order valence-electron chi connectivity index (χ1n) is 8.03. The predicted octanol–water partition coefficient (Wildman–Crippen LogP) is 1.88.